The highest BCUT2D eigenvalue weighted by Crippen LogP contribution is 2.29. The Morgan fingerprint density at radius 2 is 1.90 bits per heavy atom. The molecule has 0 aliphatic rings. The highest BCUT2D eigenvalue weighted by Gasteiger charge is 2.13. The normalized spacial score (nSPS) is 11.2. The zero-order valence-corrected chi connectivity index (χ0v) is 12.2. The number of aryl methyl sites for hydroxylation is 1. The van der Waals surface area contributed by atoms with E-state index in [0.717, 1.165) is 5.56 Å². The molecule has 3 aromatic rings. The van der Waals surface area contributed by atoms with Gasteiger partial charge in [-0.15, -0.1) is 26.6 Å². The summed E-state index contributed by atoms with van der Waals surface area (Å²) in [5, 5.41) is 19.5. The van der Waals surface area contributed by atoms with E-state index >= 15 is 0 Å². The Balaban J connectivity index is 2.22. The maximum atomic E-state index is 10.2. The second kappa shape index (κ2) is 4.96. The van der Waals surface area contributed by atoms with Gasteiger partial charge in [0.1, 0.15) is 22.5 Å². The number of phenols is 1. The molecule has 0 aliphatic heterocycles. The van der Waals surface area contributed by atoms with Crippen molar-refractivity contribution in [2.45, 2.75) is 12.8 Å². The molecule has 0 spiro atoms. The summed E-state index contributed by atoms with van der Waals surface area (Å²) in [5.41, 5.74) is 3.52. The minimum Gasteiger partial charge on any atom is -0.505 e. The number of hydrogen-bond donors (Lipinski definition) is 1. The summed E-state index contributed by atoms with van der Waals surface area (Å²) < 4.78 is 0. The highest BCUT2D eigenvalue weighted by atomic mass is 35.5. The van der Waals surface area contributed by atoms with Crippen molar-refractivity contribution in [3.63, 3.8) is 0 Å². The van der Waals surface area contributed by atoms with Crippen molar-refractivity contribution in [2.24, 2.45) is 0 Å². The van der Waals surface area contributed by atoms with E-state index < -0.39 is 0 Å². The van der Waals surface area contributed by atoms with Crippen LogP contribution in [0.15, 0.2) is 30.3 Å². The number of halogens is 2. The number of fused-ring (bicyclic) bond motifs is 1. The molecule has 0 bridgehead atoms. The Kier molecular flexibility index (Phi) is 3.28. The summed E-state index contributed by atoms with van der Waals surface area (Å²) in [6.07, 6.45) is 0. The van der Waals surface area contributed by atoms with Gasteiger partial charge in [-0.2, -0.15) is 0 Å². The first-order valence-electron chi connectivity index (χ1n) is 6.00. The fourth-order valence-corrected chi connectivity index (χ4v) is 2.45. The molecule has 0 aliphatic carbocycles. The minimum atomic E-state index is 0.0944. The molecule has 102 valence electrons. The summed E-state index contributed by atoms with van der Waals surface area (Å²) in [6.45, 7) is 1.93. The minimum absolute atomic E-state index is 0.0944. The molecule has 1 heterocycles. The van der Waals surface area contributed by atoms with Gasteiger partial charge in [0.2, 0.25) is 0 Å². The largest absolute Gasteiger partial charge is 0.505 e. The Hall–Kier alpha value is -1.78. The summed E-state index contributed by atoms with van der Waals surface area (Å²) in [7, 11) is 0. The van der Waals surface area contributed by atoms with Crippen molar-refractivity contribution in [3.05, 3.63) is 46.5 Å². The first-order chi connectivity index (χ1) is 9.58. The summed E-state index contributed by atoms with van der Waals surface area (Å²) in [5.74, 6) is 0.324. The lowest BCUT2D eigenvalue weighted by Crippen LogP contribution is -2.01. The van der Waals surface area contributed by atoms with E-state index in [2.05, 4.69) is 10.2 Å². The van der Waals surface area contributed by atoms with Gasteiger partial charge in [0, 0.05) is 10.6 Å². The molecule has 0 unspecified atom stereocenters. The van der Waals surface area contributed by atoms with E-state index in [0.29, 0.717) is 27.3 Å². The van der Waals surface area contributed by atoms with Crippen LogP contribution >= 0.6 is 23.2 Å². The monoisotopic (exact) mass is 307 g/mol. The van der Waals surface area contributed by atoms with Crippen LogP contribution in [0, 0.1) is 6.92 Å². The van der Waals surface area contributed by atoms with Crippen molar-refractivity contribution in [2.75, 3.05) is 0 Å². The van der Waals surface area contributed by atoms with Gasteiger partial charge in [-0.3, -0.25) is 0 Å². The van der Waals surface area contributed by atoms with E-state index in [1.165, 1.54) is 4.80 Å². The molecular weight excluding hydrogens is 297 g/mol. The Morgan fingerprint density at radius 1 is 1.15 bits per heavy atom. The lowest BCUT2D eigenvalue weighted by Gasteiger charge is -2.08. The fraction of sp³-hybridized carbons (Fsp3) is 0.143. The van der Waals surface area contributed by atoms with Gasteiger partial charge >= 0.3 is 0 Å². The predicted octanol–water partition coefficient (Wildman–Crippen LogP) is 3.83. The maximum Gasteiger partial charge on any atom is 0.147 e. The number of hydrogen-bond acceptors (Lipinski definition) is 3. The number of nitrogens with zero attached hydrogens (tertiary/aromatic N) is 3. The topological polar surface area (TPSA) is 50.9 Å². The number of aromatic hydroxyl groups is 1. The van der Waals surface area contributed by atoms with Crippen LogP contribution in [0.25, 0.3) is 16.7 Å². The molecule has 1 aromatic heterocycles. The van der Waals surface area contributed by atoms with Crippen molar-refractivity contribution in [3.8, 4) is 11.4 Å². The third-order valence-electron chi connectivity index (χ3n) is 3.01. The Labute approximate surface area is 125 Å². The lowest BCUT2D eigenvalue weighted by molar-refractivity contribution is 0.463. The average Bonchev–Trinajstić information content (AvgIpc) is 2.83. The average molecular weight is 308 g/mol. The van der Waals surface area contributed by atoms with Crippen LogP contribution in [-0.4, -0.2) is 20.1 Å². The van der Waals surface area contributed by atoms with Crippen molar-refractivity contribution in [1.82, 2.24) is 15.0 Å². The molecule has 4 nitrogen and oxygen atoms in total. The van der Waals surface area contributed by atoms with Crippen LogP contribution in [0.2, 0.25) is 5.02 Å². The zero-order chi connectivity index (χ0) is 14.3. The van der Waals surface area contributed by atoms with E-state index in [1.54, 1.807) is 18.2 Å². The van der Waals surface area contributed by atoms with Crippen LogP contribution in [0.1, 0.15) is 11.1 Å². The Morgan fingerprint density at radius 3 is 2.65 bits per heavy atom. The molecule has 2 aromatic carbocycles. The molecule has 6 heteroatoms. The lowest BCUT2D eigenvalue weighted by atomic mass is 10.1. The van der Waals surface area contributed by atoms with E-state index in [9.17, 15) is 5.11 Å². The molecule has 1 N–H and O–H groups in total. The number of aromatic nitrogens is 3. The number of phenolic OH excluding ortho intramolecular Hbond substituents is 1. The quantitative estimate of drug-likeness (QED) is 0.732. The van der Waals surface area contributed by atoms with Gasteiger partial charge in [-0.25, -0.2) is 0 Å². The molecule has 0 fully saturated rings. The van der Waals surface area contributed by atoms with Crippen LogP contribution in [0.4, 0.5) is 0 Å². The molecule has 0 atom stereocenters. The van der Waals surface area contributed by atoms with Crippen LogP contribution in [-0.2, 0) is 5.88 Å². The van der Waals surface area contributed by atoms with Gasteiger partial charge in [-0.1, -0.05) is 17.7 Å². The van der Waals surface area contributed by atoms with Gasteiger partial charge in [-0.05, 0) is 36.8 Å². The van der Waals surface area contributed by atoms with E-state index in [-0.39, 0.29) is 11.6 Å². The Bertz CT molecular complexity index is 798. The van der Waals surface area contributed by atoms with Crippen LogP contribution in [0.5, 0.6) is 5.75 Å². The molecule has 3 rings (SSSR count). The number of alkyl halides is 1. The summed E-state index contributed by atoms with van der Waals surface area (Å²) in [4.78, 5) is 1.40. The molecule has 0 saturated carbocycles. The van der Waals surface area contributed by atoms with Gasteiger partial charge in [0.05, 0.1) is 5.88 Å². The predicted molar refractivity (Wildman–Crippen MR) is 79.8 cm³/mol. The summed E-state index contributed by atoms with van der Waals surface area (Å²) in [6, 6.07) is 8.92. The maximum absolute atomic E-state index is 10.2. The number of benzene rings is 2. The third-order valence-corrected chi connectivity index (χ3v) is 3.54. The van der Waals surface area contributed by atoms with E-state index in [1.807, 2.05) is 19.1 Å². The van der Waals surface area contributed by atoms with Crippen molar-refractivity contribution >= 4 is 34.2 Å². The van der Waals surface area contributed by atoms with Gasteiger partial charge in [0.15, 0.2) is 0 Å². The molecule has 0 amide bonds. The third kappa shape index (κ3) is 2.21. The van der Waals surface area contributed by atoms with Crippen molar-refractivity contribution in [1.29, 1.82) is 0 Å². The molecule has 0 saturated heterocycles. The molecule has 20 heavy (non-hydrogen) atoms. The van der Waals surface area contributed by atoms with Crippen molar-refractivity contribution < 1.29 is 5.11 Å². The zero-order valence-electron chi connectivity index (χ0n) is 10.6. The van der Waals surface area contributed by atoms with E-state index in [4.69, 9.17) is 23.2 Å². The first kappa shape index (κ1) is 13.2. The smallest absolute Gasteiger partial charge is 0.147 e. The second-order valence-corrected chi connectivity index (χ2v) is 5.25. The fourth-order valence-electron chi connectivity index (χ4n) is 2.08. The standard InChI is InChI=1S/C14H11Cl2N3O/c1-8-4-9(7-15)14(20)13(5-8)19-17-11-3-2-10(16)6-12(11)18-19/h2-6,20H,7H2,1H3. The SMILES string of the molecule is Cc1cc(CCl)c(O)c(-n2nc3ccc(Cl)cc3n2)c1. The van der Waals surface area contributed by atoms with Gasteiger partial charge in [0.25, 0.3) is 0 Å². The first-order valence-corrected chi connectivity index (χ1v) is 6.91. The van der Waals surface area contributed by atoms with Gasteiger partial charge < -0.3 is 5.11 Å². The highest BCUT2D eigenvalue weighted by molar-refractivity contribution is 6.31. The second-order valence-electron chi connectivity index (χ2n) is 4.55. The molecule has 0 radical (unpaired) electrons. The molecular formula is C14H11Cl2N3O. The van der Waals surface area contributed by atoms with Crippen LogP contribution < -0.4 is 0 Å². The number of rotatable bonds is 2. The van der Waals surface area contributed by atoms with Crippen LogP contribution in [0.3, 0.4) is 0 Å². The summed E-state index contributed by atoms with van der Waals surface area (Å²) >= 11 is 11.8.